The first-order valence-corrected chi connectivity index (χ1v) is 16.8. The van der Waals surface area contributed by atoms with Crippen LogP contribution in [0.15, 0.2) is 17.1 Å². The second kappa shape index (κ2) is 15.3. The van der Waals surface area contributed by atoms with Gasteiger partial charge in [-0.15, -0.1) is 0 Å². The molecule has 5 amide bonds. The van der Waals surface area contributed by atoms with Crippen LogP contribution in [0.1, 0.15) is 92.0 Å². The summed E-state index contributed by atoms with van der Waals surface area (Å²) in [7, 11) is 0. The largest absolute Gasteiger partial charge is 0.444 e. The molecule has 2 aliphatic carbocycles. The van der Waals surface area contributed by atoms with Crippen molar-refractivity contribution in [2.24, 2.45) is 11.7 Å². The number of rotatable bonds is 8. The Morgan fingerprint density at radius 1 is 0.872 bits per heavy atom. The van der Waals surface area contributed by atoms with Gasteiger partial charge in [0.05, 0.1) is 0 Å². The first-order valence-electron chi connectivity index (χ1n) is 16.8. The molecule has 0 spiro atoms. The van der Waals surface area contributed by atoms with E-state index < -0.39 is 29.0 Å². The summed E-state index contributed by atoms with van der Waals surface area (Å²) < 4.78 is 12.0. The number of primary amides is 1. The predicted molar refractivity (Wildman–Crippen MR) is 175 cm³/mol. The quantitative estimate of drug-likeness (QED) is 0.325. The number of nitrogens with zero attached hydrogens (tertiary/aromatic N) is 4. The zero-order valence-electron chi connectivity index (χ0n) is 28.4. The molecular weight excluding hydrogens is 608 g/mol. The van der Waals surface area contributed by atoms with Crippen molar-refractivity contribution >= 4 is 29.9 Å². The number of hydrogen-bond donors (Lipinski definition) is 4. The molecule has 15 heteroatoms. The number of alkyl carbamates (subject to hydrolysis) is 1. The molecule has 3 aliphatic rings. The molecule has 0 unspecified atom stereocenters. The van der Waals surface area contributed by atoms with Crippen LogP contribution >= 0.6 is 0 Å². The Hall–Kier alpha value is -3.88. The molecule has 262 valence electrons. The van der Waals surface area contributed by atoms with Crippen molar-refractivity contribution < 1.29 is 28.7 Å². The summed E-state index contributed by atoms with van der Waals surface area (Å²) in [4.78, 5) is 68.8. The Balaban J connectivity index is 1.15. The van der Waals surface area contributed by atoms with E-state index >= 15 is 0 Å². The molecule has 2 saturated carbocycles. The van der Waals surface area contributed by atoms with Gasteiger partial charge in [-0.1, -0.05) is 0 Å². The molecular formula is C32H52N8O7. The van der Waals surface area contributed by atoms with Gasteiger partial charge in [0.25, 0.3) is 5.91 Å². The van der Waals surface area contributed by atoms with Gasteiger partial charge in [-0.3, -0.25) is 14.7 Å². The van der Waals surface area contributed by atoms with E-state index in [4.69, 9.17) is 15.2 Å². The number of anilines is 1. The maximum absolute atomic E-state index is 12.9. The maximum Gasteiger partial charge on any atom is 0.407 e. The summed E-state index contributed by atoms with van der Waals surface area (Å²) >= 11 is 0. The molecule has 1 aromatic rings. The second-order valence-corrected chi connectivity index (χ2v) is 14.4. The molecule has 2 heterocycles. The molecule has 0 bridgehead atoms. The zero-order chi connectivity index (χ0) is 34.4. The number of hydrogen-bond acceptors (Lipinski definition) is 9. The van der Waals surface area contributed by atoms with Crippen LogP contribution in [0.3, 0.4) is 0 Å². The molecule has 4 rings (SSSR count). The van der Waals surface area contributed by atoms with Gasteiger partial charge in [-0.2, -0.15) is 4.98 Å². The lowest BCUT2D eigenvalue weighted by atomic mass is 9.85. The zero-order valence-corrected chi connectivity index (χ0v) is 28.4. The van der Waals surface area contributed by atoms with Crippen molar-refractivity contribution in [2.75, 3.05) is 38.0 Å². The van der Waals surface area contributed by atoms with Gasteiger partial charge in [-0.05, 0) is 105 Å². The van der Waals surface area contributed by atoms with Gasteiger partial charge in [0.15, 0.2) is 5.60 Å². The number of urea groups is 1. The SMILES string of the molecule is CC(C)(C)OC(=O)NC1CCC(NCC2CCC(n3ccc(NC(=O)N4CCN(C(=O)C(C)(C)OC(N)=O)CC4)nc3=O)CC2)CC1. The molecule has 1 aliphatic heterocycles. The van der Waals surface area contributed by atoms with Crippen LogP contribution in [0.2, 0.25) is 0 Å². The third-order valence-corrected chi connectivity index (χ3v) is 9.14. The van der Waals surface area contributed by atoms with Gasteiger partial charge in [0.2, 0.25) is 0 Å². The Morgan fingerprint density at radius 2 is 1.47 bits per heavy atom. The molecule has 0 radical (unpaired) electrons. The number of aromatic nitrogens is 2. The highest BCUT2D eigenvalue weighted by atomic mass is 16.6. The fraction of sp³-hybridized carbons (Fsp3) is 0.750. The van der Waals surface area contributed by atoms with Crippen LogP contribution in [-0.2, 0) is 14.3 Å². The van der Waals surface area contributed by atoms with Crippen LogP contribution in [0.25, 0.3) is 0 Å². The van der Waals surface area contributed by atoms with Gasteiger partial charge >= 0.3 is 23.9 Å². The van der Waals surface area contributed by atoms with E-state index in [2.05, 4.69) is 20.9 Å². The molecule has 47 heavy (non-hydrogen) atoms. The van der Waals surface area contributed by atoms with Crippen molar-refractivity contribution in [3.8, 4) is 0 Å². The van der Waals surface area contributed by atoms with E-state index in [0.29, 0.717) is 12.0 Å². The van der Waals surface area contributed by atoms with Gasteiger partial charge in [-0.25, -0.2) is 19.2 Å². The summed E-state index contributed by atoms with van der Waals surface area (Å²) in [5.41, 5.74) is 2.78. The number of ether oxygens (including phenoxy) is 2. The van der Waals surface area contributed by atoms with Crippen LogP contribution in [0.4, 0.5) is 20.2 Å². The average Bonchev–Trinajstić information content (AvgIpc) is 2.99. The van der Waals surface area contributed by atoms with Crippen molar-refractivity contribution in [3.63, 3.8) is 0 Å². The van der Waals surface area contributed by atoms with Crippen LogP contribution < -0.4 is 27.4 Å². The lowest BCUT2D eigenvalue weighted by molar-refractivity contribution is -0.149. The van der Waals surface area contributed by atoms with Gasteiger partial charge < -0.3 is 35.6 Å². The Bertz CT molecular complexity index is 1320. The van der Waals surface area contributed by atoms with Gasteiger partial charge in [0, 0.05) is 50.5 Å². The number of nitrogens with one attached hydrogen (secondary N) is 3. The highest BCUT2D eigenvalue weighted by Crippen LogP contribution is 2.31. The number of nitrogens with two attached hydrogens (primary N) is 1. The van der Waals surface area contributed by atoms with E-state index in [1.807, 2.05) is 20.8 Å². The van der Waals surface area contributed by atoms with E-state index in [1.165, 1.54) is 18.7 Å². The topological polar surface area (TPSA) is 190 Å². The molecule has 1 aromatic heterocycles. The minimum Gasteiger partial charge on any atom is -0.444 e. The molecule has 15 nitrogen and oxygen atoms in total. The average molecular weight is 661 g/mol. The number of piperazine rings is 1. The Kier molecular flexibility index (Phi) is 11.7. The van der Waals surface area contributed by atoms with Crippen LogP contribution in [0, 0.1) is 5.92 Å². The number of carbonyl (C=O) groups excluding carboxylic acids is 4. The van der Waals surface area contributed by atoms with Crippen molar-refractivity contribution in [3.05, 3.63) is 22.7 Å². The third kappa shape index (κ3) is 10.6. The monoisotopic (exact) mass is 660 g/mol. The molecule has 0 atom stereocenters. The van der Waals surface area contributed by atoms with E-state index in [-0.39, 0.29) is 56.1 Å². The standard InChI is InChI=1S/C32H52N8O7/c1-31(2,3)47-30(45)35-23-10-8-22(9-11-23)34-20-21-6-12-24(13-7-21)40-15-14-25(37-29(40)44)36-28(43)39-18-16-38(17-19-39)26(41)32(4,5)46-27(33)42/h14-15,21-24,34H,6-13,16-20H2,1-5H3,(H2,33,42)(H,35,45)(H,36,37,43,44). The normalized spacial score (nSPS) is 23.9. The fourth-order valence-corrected chi connectivity index (χ4v) is 6.61. The number of carbonyl (C=O) groups is 4. The Labute approximate surface area is 276 Å². The highest BCUT2D eigenvalue weighted by Gasteiger charge is 2.37. The summed E-state index contributed by atoms with van der Waals surface area (Å²) in [6.45, 7) is 10.5. The summed E-state index contributed by atoms with van der Waals surface area (Å²) in [5.74, 6) is 0.337. The lowest BCUT2D eigenvalue weighted by Crippen LogP contribution is -2.56. The van der Waals surface area contributed by atoms with Crippen molar-refractivity contribution in [1.82, 2.24) is 30.0 Å². The second-order valence-electron chi connectivity index (χ2n) is 14.4. The van der Waals surface area contributed by atoms with E-state index in [9.17, 15) is 24.0 Å². The first-order chi connectivity index (χ1) is 22.1. The minimum absolute atomic E-state index is 0.0683. The smallest absolute Gasteiger partial charge is 0.407 e. The molecule has 0 aromatic carbocycles. The highest BCUT2D eigenvalue weighted by molar-refractivity contribution is 5.89. The molecule has 1 saturated heterocycles. The van der Waals surface area contributed by atoms with E-state index in [1.54, 1.807) is 21.7 Å². The summed E-state index contributed by atoms with van der Waals surface area (Å²) in [5, 5.41) is 9.43. The minimum atomic E-state index is -1.40. The lowest BCUT2D eigenvalue weighted by Gasteiger charge is -2.37. The Morgan fingerprint density at radius 3 is 2.04 bits per heavy atom. The van der Waals surface area contributed by atoms with Crippen LogP contribution in [0.5, 0.6) is 0 Å². The number of amides is 5. The third-order valence-electron chi connectivity index (χ3n) is 9.14. The van der Waals surface area contributed by atoms with Gasteiger partial charge in [0.1, 0.15) is 11.4 Å². The van der Waals surface area contributed by atoms with Crippen molar-refractivity contribution in [2.45, 2.75) is 115 Å². The molecule has 5 N–H and O–H groups in total. The molecule has 3 fully saturated rings. The maximum atomic E-state index is 12.9. The summed E-state index contributed by atoms with van der Waals surface area (Å²) in [6.07, 6.45) is 8.02. The summed E-state index contributed by atoms with van der Waals surface area (Å²) in [6, 6.07) is 1.90. The fourth-order valence-electron chi connectivity index (χ4n) is 6.61. The first kappa shape index (κ1) is 36.0. The predicted octanol–water partition coefficient (Wildman–Crippen LogP) is 2.95. The van der Waals surface area contributed by atoms with E-state index in [0.717, 1.165) is 57.9 Å². The van der Waals surface area contributed by atoms with Crippen LogP contribution in [-0.4, -0.2) is 99.5 Å². The van der Waals surface area contributed by atoms with Crippen molar-refractivity contribution in [1.29, 1.82) is 0 Å².